The molecule has 0 bridgehead atoms. The van der Waals surface area contributed by atoms with Gasteiger partial charge in [0.05, 0.1) is 0 Å². The highest BCUT2D eigenvalue weighted by molar-refractivity contribution is 5.94. The lowest BCUT2D eigenvalue weighted by Crippen LogP contribution is -2.25. The molecule has 3 heteroatoms. The van der Waals surface area contributed by atoms with Gasteiger partial charge in [0.2, 0.25) is 0 Å². The molecule has 0 aromatic heterocycles. The minimum Gasteiger partial charge on any atom is -0.382 e. The van der Waals surface area contributed by atoms with Gasteiger partial charge in [-0.2, -0.15) is 0 Å². The van der Waals surface area contributed by atoms with E-state index in [9.17, 15) is 4.79 Å². The van der Waals surface area contributed by atoms with Crippen LogP contribution in [0.1, 0.15) is 49.9 Å². The Bertz CT molecular complexity index is 405. The van der Waals surface area contributed by atoms with Gasteiger partial charge >= 0.3 is 0 Å². The summed E-state index contributed by atoms with van der Waals surface area (Å²) in [7, 11) is 0. The van der Waals surface area contributed by atoms with Crippen molar-refractivity contribution in [3.63, 3.8) is 0 Å². The molecule has 0 heterocycles. The molecule has 19 heavy (non-hydrogen) atoms. The summed E-state index contributed by atoms with van der Waals surface area (Å²) < 4.78 is 0. The maximum Gasteiger partial charge on any atom is 0.251 e. The summed E-state index contributed by atoms with van der Waals surface area (Å²) in [5.74, 6) is 0.874. The van der Waals surface area contributed by atoms with Crippen LogP contribution in [-0.2, 0) is 0 Å². The number of hydrogen-bond acceptors (Lipinski definition) is 2. The third kappa shape index (κ3) is 3.98. The van der Waals surface area contributed by atoms with Crippen LogP contribution in [-0.4, -0.2) is 18.5 Å². The molecule has 0 spiro atoms. The lowest BCUT2D eigenvalue weighted by atomic mass is 9.87. The van der Waals surface area contributed by atoms with Crippen LogP contribution in [0.15, 0.2) is 24.3 Å². The molecule has 2 rings (SSSR count). The Labute approximate surface area is 115 Å². The number of carbonyl (C=O) groups is 1. The number of hydrogen-bond donors (Lipinski definition) is 2. The summed E-state index contributed by atoms with van der Waals surface area (Å²) in [6.45, 7) is 4.92. The maximum atomic E-state index is 11.7. The molecule has 0 radical (unpaired) electrons. The van der Waals surface area contributed by atoms with Gasteiger partial charge in [0.25, 0.3) is 5.91 Å². The molecule has 1 fully saturated rings. The zero-order valence-electron chi connectivity index (χ0n) is 11.9. The summed E-state index contributed by atoms with van der Waals surface area (Å²) in [6, 6.07) is 8.37. The Kier molecular flexibility index (Phi) is 4.83. The van der Waals surface area contributed by atoms with E-state index in [0.717, 1.165) is 17.2 Å². The van der Waals surface area contributed by atoms with Crippen molar-refractivity contribution in [2.45, 2.75) is 45.6 Å². The Balaban J connectivity index is 1.90. The normalized spacial score (nSPS) is 22.8. The van der Waals surface area contributed by atoms with E-state index in [1.165, 1.54) is 25.7 Å². The molecule has 2 N–H and O–H groups in total. The average Bonchev–Trinajstić information content (AvgIpc) is 2.42. The van der Waals surface area contributed by atoms with E-state index in [4.69, 9.17) is 0 Å². The van der Waals surface area contributed by atoms with Crippen LogP contribution < -0.4 is 10.6 Å². The predicted molar refractivity (Wildman–Crippen MR) is 79.5 cm³/mol. The monoisotopic (exact) mass is 260 g/mol. The Hall–Kier alpha value is -1.51. The zero-order chi connectivity index (χ0) is 13.7. The third-order valence-electron chi connectivity index (χ3n) is 3.87. The lowest BCUT2D eigenvalue weighted by Gasteiger charge is -2.27. The second-order valence-corrected chi connectivity index (χ2v) is 5.54. The maximum absolute atomic E-state index is 11.7. The summed E-state index contributed by atoms with van der Waals surface area (Å²) >= 11 is 0. The van der Waals surface area contributed by atoms with Crippen molar-refractivity contribution < 1.29 is 4.79 Å². The first-order valence-corrected chi connectivity index (χ1v) is 7.34. The average molecular weight is 260 g/mol. The highest BCUT2D eigenvalue weighted by atomic mass is 16.1. The molecule has 0 aliphatic heterocycles. The number of amides is 1. The SMILES string of the molecule is CCNC(=O)c1ccc(NC2CCC(C)CC2)cc1. The molecule has 1 aliphatic rings. The van der Waals surface area contributed by atoms with Crippen LogP contribution in [0, 0.1) is 5.92 Å². The van der Waals surface area contributed by atoms with Gasteiger partial charge in [-0.15, -0.1) is 0 Å². The van der Waals surface area contributed by atoms with E-state index in [-0.39, 0.29) is 5.91 Å². The summed E-state index contributed by atoms with van der Waals surface area (Å²) in [4.78, 5) is 11.7. The first kappa shape index (κ1) is 13.9. The molecule has 0 atom stereocenters. The van der Waals surface area contributed by atoms with E-state index in [2.05, 4.69) is 17.6 Å². The molecular weight excluding hydrogens is 236 g/mol. The van der Waals surface area contributed by atoms with Crippen LogP contribution in [0.3, 0.4) is 0 Å². The number of rotatable bonds is 4. The smallest absolute Gasteiger partial charge is 0.251 e. The third-order valence-corrected chi connectivity index (χ3v) is 3.87. The van der Waals surface area contributed by atoms with E-state index >= 15 is 0 Å². The molecule has 1 saturated carbocycles. The fourth-order valence-electron chi connectivity index (χ4n) is 2.62. The van der Waals surface area contributed by atoms with Gasteiger partial charge in [-0.1, -0.05) is 6.92 Å². The summed E-state index contributed by atoms with van der Waals surface area (Å²) in [6.07, 6.45) is 5.13. The molecule has 1 aromatic carbocycles. The first-order chi connectivity index (χ1) is 9.19. The van der Waals surface area contributed by atoms with Crippen molar-refractivity contribution in [3.05, 3.63) is 29.8 Å². The fraction of sp³-hybridized carbons (Fsp3) is 0.562. The van der Waals surface area contributed by atoms with E-state index in [0.29, 0.717) is 12.6 Å². The number of anilines is 1. The molecule has 104 valence electrons. The highest BCUT2D eigenvalue weighted by Crippen LogP contribution is 2.26. The van der Waals surface area contributed by atoms with E-state index in [1.807, 2.05) is 31.2 Å². The van der Waals surface area contributed by atoms with Gasteiger partial charge in [0.1, 0.15) is 0 Å². The van der Waals surface area contributed by atoms with Crippen molar-refractivity contribution in [1.29, 1.82) is 0 Å². The van der Waals surface area contributed by atoms with Gasteiger partial charge in [0.15, 0.2) is 0 Å². The van der Waals surface area contributed by atoms with Crippen LogP contribution in [0.5, 0.6) is 0 Å². The predicted octanol–water partition coefficient (Wildman–Crippen LogP) is 3.43. The van der Waals surface area contributed by atoms with E-state index in [1.54, 1.807) is 0 Å². The van der Waals surface area contributed by atoms with Crippen LogP contribution >= 0.6 is 0 Å². The second-order valence-electron chi connectivity index (χ2n) is 5.54. The van der Waals surface area contributed by atoms with Crippen molar-refractivity contribution in [2.75, 3.05) is 11.9 Å². The molecule has 3 nitrogen and oxygen atoms in total. The Morgan fingerprint density at radius 3 is 2.37 bits per heavy atom. The van der Waals surface area contributed by atoms with Crippen molar-refractivity contribution in [1.82, 2.24) is 5.32 Å². The standard InChI is InChI=1S/C16H24N2O/c1-3-17-16(19)13-6-10-15(11-7-13)18-14-8-4-12(2)5-9-14/h6-7,10-12,14,18H,3-5,8-9H2,1-2H3,(H,17,19). The molecule has 0 unspecified atom stereocenters. The van der Waals surface area contributed by atoms with Gasteiger partial charge in [-0.05, 0) is 62.8 Å². The molecule has 1 amide bonds. The highest BCUT2D eigenvalue weighted by Gasteiger charge is 2.17. The summed E-state index contributed by atoms with van der Waals surface area (Å²) in [5, 5.41) is 6.38. The largest absolute Gasteiger partial charge is 0.382 e. The van der Waals surface area contributed by atoms with E-state index < -0.39 is 0 Å². The molecule has 1 aliphatic carbocycles. The zero-order valence-corrected chi connectivity index (χ0v) is 11.9. The Morgan fingerprint density at radius 2 is 1.79 bits per heavy atom. The fourth-order valence-corrected chi connectivity index (χ4v) is 2.62. The van der Waals surface area contributed by atoms with Gasteiger partial charge in [-0.3, -0.25) is 4.79 Å². The van der Waals surface area contributed by atoms with Crippen LogP contribution in [0.25, 0.3) is 0 Å². The molecule has 0 saturated heterocycles. The minimum absolute atomic E-state index is 0.000501. The van der Waals surface area contributed by atoms with Gasteiger partial charge in [-0.25, -0.2) is 0 Å². The number of benzene rings is 1. The van der Waals surface area contributed by atoms with Gasteiger partial charge in [0, 0.05) is 23.8 Å². The lowest BCUT2D eigenvalue weighted by molar-refractivity contribution is 0.0956. The number of nitrogens with one attached hydrogen (secondary N) is 2. The van der Waals surface area contributed by atoms with Crippen LogP contribution in [0.2, 0.25) is 0 Å². The topological polar surface area (TPSA) is 41.1 Å². The van der Waals surface area contributed by atoms with Crippen LogP contribution in [0.4, 0.5) is 5.69 Å². The minimum atomic E-state index is 0.000501. The number of carbonyl (C=O) groups excluding carboxylic acids is 1. The molecule has 1 aromatic rings. The van der Waals surface area contributed by atoms with Crippen molar-refractivity contribution >= 4 is 11.6 Å². The van der Waals surface area contributed by atoms with Crippen molar-refractivity contribution in [3.8, 4) is 0 Å². The quantitative estimate of drug-likeness (QED) is 0.871. The van der Waals surface area contributed by atoms with Crippen molar-refractivity contribution in [2.24, 2.45) is 5.92 Å². The van der Waals surface area contributed by atoms with Gasteiger partial charge < -0.3 is 10.6 Å². The Morgan fingerprint density at radius 1 is 1.16 bits per heavy atom. The first-order valence-electron chi connectivity index (χ1n) is 7.34. The molecular formula is C16H24N2O. The summed E-state index contributed by atoms with van der Waals surface area (Å²) in [5.41, 5.74) is 1.84. The second kappa shape index (κ2) is 6.60.